The van der Waals surface area contributed by atoms with Crippen LogP contribution in [0.1, 0.15) is 25.3 Å². The van der Waals surface area contributed by atoms with E-state index in [2.05, 4.69) is 43.1 Å². The lowest BCUT2D eigenvalue weighted by molar-refractivity contribution is 0.865. The van der Waals surface area contributed by atoms with E-state index in [-0.39, 0.29) is 0 Å². The minimum absolute atomic E-state index is 0.388. The Labute approximate surface area is 112 Å². The summed E-state index contributed by atoms with van der Waals surface area (Å²) >= 11 is 1.58. The van der Waals surface area contributed by atoms with E-state index < -0.39 is 0 Å². The fraction of sp³-hybridized carbons (Fsp3) is 0.214. The first kappa shape index (κ1) is 12.8. The first-order valence-corrected chi connectivity index (χ1v) is 6.67. The third-order valence-corrected chi connectivity index (χ3v) is 3.65. The van der Waals surface area contributed by atoms with Gasteiger partial charge in [0.15, 0.2) is 0 Å². The number of nitrogens with zero attached hydrogens (tertiary/aromatic N) is 1. The summed E-state index contributed by atoms with van der Waals surface area (Å²) in [4.78, 5) is 5.39. The number of benzene rings is 1. The van der Waals surface area contributed by atoms with Crippen LogP contribution in [0.25, 0.3) is 0 Å². The van der Waals surface area contributed by atoms with Crippen LogP contribution in [0.3, 0.4) is 0 Å². The largest absolute Gasteiger partial charge is 0.396 e. The van der Waals surface area contributed by atoms with Gasteiger partial charge < -0.3 is 11.5 Å². The Balaban J connectivity index is 2.15. The zero-order valence-corrected chi connectivity index (χ0v) is 11.4. The lowest BCUT2D eigenvalue weighted by Gasteiger charge is -2.07. The molecule has 0 radical (unpaired) electrons. The van der Waals surface area contributed by atoms with Crippen molar-refractivity contribution in [3.63, 3.8) is 0 Å². The van der Waals surface area contributed by atoms with Crippen LogP contribution in [0, 0.1) is 0 Å². The highest BCUT2D eigenvalue weighted by Crippen LogP contribution is 2.29. The van der Waals surface area contributed by atoms with E-state index in [0.29, 0.717) is 17.4 Å². The minimum atomic E-state index is 0.388. The number of rotatable bonds is 3. The van der Waals surface area contributed by atoms with E-state index in [4.69, 9.17) is 11.5 Å². The van der Waals surface area contributed by atoms with E-state index in [1.807, 2.05) is 6.07 Å². The Morgan fingerprint density at radius 3 is 2.22 bits per heavy atom. The molecular formula is C14H17N3S. The number of hydrogen-bond donors (Lipinski definition) is 2. The summed E-state index contributed by atoms with van der Waals surface area (Å²) in [6.07, 6.45) is 0. The average Bonchev–Trinajstić information content (AvgIpc) is 2.34. The smallest absolute Gasteiger partial charge is 0.147 e. The minimum Gasteiger partial charge on any atom is -0.396 e. The van der Waals surface area contributed by atoms with Crippen LogP contribution in [-0.2, 0) is 0 Å². The van der Waals surface area contributed by atoms with Crippen LogP contribution >= 0.6 is 11.8 Å². The second-order valence-corrected chi connectivity index (χ2v) is 5.54. The lowest BCUT2D eigenvalue weighted by atomic mass is 10.0. The molecule has 18 heavy (non-hydrogen) atoms. The van der Waals surface area contributed by atoms with Crippen LogP contribution in [0.4, 0.5) is 11.5 Å². The molecule has 0 atom stereocenters. The van der Waals surface area contributed by atoms with Gasteiger partial charge in [-0.25, -0.2) is 4.98 Å². The third-order valence-electron chi connectivity index (χ3n) is 2.70. The van der Waals surface area contributed by atoms with E-state index in [9.17, 15) is 0 Å². The van der Waals surface area contributed by atoms with Crippen molar-refractivity contribution in [2.75, 3.05) is 11.5 Å². The fourth-order valence-corrected chi connectivity index (χ4v) is 2.36. The third kappa shape index (κ3) is 2.96. The molecule has 1 heterocycles. The Hall–Kier alpha value is -1.68. The van der Waals surface area contributed by atoms with Crippen molar-refractivity contribution in [1.82, 2.24) is 4.98 Å². The monoisotopic (exact) mass is 259 g/mol. The highest BCUT2D eigenvalue weighted by molar-refractivity contribution is 7.99. The lowest BCUT2D eigenvalue weighted by Crippen LogP contribution is -1.97. The summed E-state index contributed by atoms with van der Waals surface area (Å²) in [6.45, 7) is 4.37. The maximum atomic E-state index is 5.69. The standard InChI is InChI=1S/C14H17N3S/c1-9(2)10-3-5-11(6-4-10)18-13-8-7-12(15)14(16)17-13/h3-9H,15H2,1-2H3,(H2,16,17). The van der Waals surface area contributed by atoms with Crippen molar-refractivity contribution in [3.05, 3.63) is 42.0 Å². The van der Waals surface area contributed by atoms with Gasteiger partial charge in [-0.1, -0.05) is 37.7 Å². The maximum absolute atomic E-state index is 5.69. The molecule has 2 aromatic rings. The molecule has 3 nitrogen and oxygen atoms in total. The van der Waals surface area contributed by atoms with Gasteiger partial charge in [-0.2, -0.15) is 0 Å². The zero-order valence-electron chi connectivity index (χ0n) is 10.6. The molecule has 0 unspecified atom stereocenters. The van der Waals surface area contributed by atoms with Gasteiger partial charge in [0.2, 0.25) is 0 Å². The number of hydrogen-bond acceptors (Lipinski definition) is 4. The van der Waals surface area contributed by atoms with Gasteiger partial charge in [0.1, 0.15) is 10.8 Å². The molecule has 94 valence electrons. The van der Waals surface area contributed by atoms with Gasteiger partial charge in [0, 0.05) is 4.90 Å². The fourth-order valence-electron chi connectivity index (χ4n) is 1.57. The number of pyridine rings is 1. The molecule has 0 aliphatic heterocycles. The van der Waals surface area contributed by atoms with Gasteiger partial charge in [-0.05, 0) is 35.7 Å². The molecule has 0 bridgehead atoms. The quantitative estimate of drug-likeness (QED) is 0.885. The molecular weight excluding hydrogens is 242 g/mol. The molecule has 0 spiro atoms. The molecule has 1 aromatic heterocycles. The van der Waals surface area contributed by atoms with Gasteiger partial charge >= 0.3 is 0 Å². The average molecular weight is 259 g/mol. The topological polar surface area (TPSA) is 64.9 Å². The zero-order chi connectivity index (χ0) is 13.1. The second-order valence-electron chi connectivity index (χ2n) is 4.45. The van der Waals surface area contributed by atoms with Crippen molar-refractivity contribution >= 4 is 23.3 Å². The van der Waals surface area contributed by atoms with Crippen molar-refractivity contribution in [1.29, 1.82) is 0 Å². The summed E-state index contributed by atoms with van der Waals surface area (Å²) < 4.78 is 0. The summed E-state index contributed by atoms with van der Waals surface area (Å²) in [5.41, 5.74) is 13.2. The van der Waals surface area contributed by atoms with Crippen LogP contribution in [-0.4, -0.2) is 4.98 Å². The van der Waals surface area contributed by atoms with E-state index in [1.54, 1.807) is 17.8 Å². The normalized spacial score (nSPS) is 10.8. The van der Waals surface area contributed by atoms with Crippen molar-refractivity contribution in [2.24, 2.45) is 0 Å². The Morgan fingerprint density at radius 1 is 1.00 bits per heavy atom. The van der Waals surface area contributed by atoms with E-state index in [1.165, 1.54) is 5.56 Å². The summed E-state index contributed by atoms with van der Waals surface area (Å²) in [7, 11) is 0. The molecule has 0 saturated heterocycles. The highest BCUT2D eigenvalue weighted by Gasteiger charge is 2.03. The first-order chi connectivity index (χ1) is 8.56. The van der Waals surface area contributed by atoms with Crippen LogP contribution in [0.15, 0.2) is 46.3 Å². The van der Waals surface area contributed by atoms with Gasteiger partial charge in [-0.3, -0.25) is 0 Å². The first-order valence-electron chi connectivity index (χ1n) is 5.86. The second kappa shape index (κ2) is 5.31. The van der Waals surface area contributed by atoms with Crippen LogP contribution in [0.5, 0.6) is 0 Å². The maximum Gasteiger partial charge on any atom is 0.147 e. The summed E-state index contributed by atoms with van der Waals surface area (Å²) in [5.74, 6) is 0.938. The summed E-state index contributed by atoms with van der Waals surface area (Å²) in [6, 6.07) is 12.2. The van der Waals surface area contributed by atoms with E-state index >= 15 is 0 Å². The van der Waals surface area contributed by atoms with Gasteiger partial charge in [0.25, 0.3) is 0 Å². The predicted octanol–water partition coefficient (Wildman–Crippen LogP) is 3.52. The molecule has 0 aliphatic rings. The number of nitrogen functional groups attached to an aromatic ring is 2. The van der Waals surface area contributed by atoms with Crippen LogP contribution < -0.4 is 11.5 Å². The summed E-state index contributed by atoms with van der Waals surface area (Å²) in [5, 5.41) is 0.860. The molecule has 0 aliphatic carbocycles. The van der Waals surface area contributed by atoms with Crippen molar-refractivity contribution in [2.45, 2.75) is 29.7 Å². The predicted molar refractivity (Wildman–Crippen MR) is 77.7 cm³/mol. The molecule has 0 amide bonds. The number of anilines is 2. The molecule has 0 fully saturated rings. The molecule has 1 aromatic carbocycles. The number of nitrogens with two attached hydrogens (primary N) is 2. The Kier molecular flexibility index (Phi) is 3.77. The number of aromatic nitrogens is 1. The molecule has 4 N–H and O–H groups in total. The van der Waals surface area contributed by atoms with Crippen molar-refractivity contribution < 1.29 is 0 Å². The Morgan fingerprint density at radius 2 is 1.67 bits per heavy atom. The molecule has 4 heteroatoms. The molecule has 2 rings (SSSR count). The Bertz CT molecular complexity index is 535. The van der Waals surface area contributed by atoms with E-state index in [0.717, 1.165) is 9.92 Å². The van der Waals surface area contributed by atoms with Crippen LogP contribution in [0.2, 0.25) is 0 Å². The van der Waals surface area contributed by atoms with Gasteiger partial charge in [0.05, 0.1) is 5.69 Å². The molecule has 0 saturated carbocycles. The van der Waals surface area contributed by atoms with Gasteiger partial charge in [-0.15, -0.1) is 0 Å². The highest BCUT2D eigenvalue weighted by atomic mass is 32.2. The van der Waals surface area contributed by atoms with Crippen molar-refractivity contribution in [3.8, 4) is 0 Å². The SMILES string of the molecule is CC(C)c1ccc(Sc2ccc(N)c(N)n2)cc1.